The van der Waals surface area contributed by atoms with Gasteiger partial charge in [-0.3, -0.25) is 0 Å². The molecule has 1 fully saturated rings. The first-order chi connectivity index (χ1) is 8.69. The van der Waals surface area contributed by atoms with Gasteiger partial charge >= 0.3 is 0 Å². The molecular formula is C14H24N4. The average molecular weight is 248 g/mol. The van der Waals surface area contributed by atoms with Crippen LogP contribution in [0.1, 0.15) is 44.6 Å². The summed E-state index contributed by atoms with van der Waals surface area (Å²) >= 11 is 0. The Morgan fingerprint density at radius 1 is 1.22 bits per heavy atom. The molecule has 1 aromatic rings. The monoisotopic (exact) mass is 248 g/mol. The first kappa shape index (κ1) is 13.1. The van der Waals surface area contributed by atoms with Crippen LogP contribution in [-0.4, -0.2) is 23.1 Å². The van der Waals surface area contributed by atoms with E-state index < -0.39 is 0 Å². The van der Waals surface area contributed by atoms with Gasteiger partial charge < -0.3 is 10.6 Å². The van der Waals surface area contributed by atoms with Crippen molar-refractivity contribution in [2.45, 2.75) is 52.0 Å². The van der Waals surface area contributed by atoms with Crippen molar-refractivity contribution in [2.24, 2.45) is 5.92 Å². The molecule has 2 unspecified atom stereocenters. The fourth-order valence-electron chi connectivity index (χ4n) is 2.53. The number of hydrogen-bond donors (Lipinski definition) is 2. The first-order valence-electron chi connectivity index (χ1n) is 6.97. The number of nitrogens with zero attached hydrogens (tertiary/aromatic N) is 2. The van der Waals surface area contributed by atoms with Gasteiger partial charge in [0.05, 0.1) is 0 Å². The van der Waals surface area contributed by atoms with Gasteiger partial charge in [0.25, 0.3) is 0 Å². The van der Waals surface area contributed by atoms with Gasteiger partial charge in [-0.05, 0) is 32.1 Å². The number of aryl methyl sites for hydroxylation is 1. The molecule has 0 spiro atoms. The second-order valence-corrected chi connectivity index (χ2v) is 5.43. The van der Waals surface area contributed by atoms with Gasteiger partial charge in [0, 0.05) is 24.8 Å². The van der Waals surface area contributed by atoms with E-state index in [1.54, 1.807) is 0 Å². The van der Waals surface area contributed by atoms with Gasteiger partial charge in [0.15, 0.2) is 0 Å². The molecule has 0 radical (unpaired) electrons. The quantitative estimate of drug-likeness (QED) is 0.806. The molecule has 100 valence electrons. The minimum atomic E-state index is 0.563. The van der Waals surface area contributed by atoms with Crippen LogP contribution in [0.25, 0.3) is 0 Å². The lowest BCUT2D eigenvalue weighted by atomic mass is 10.0. The van der Waals surface area contributed by atoms with Crippen LogP contribution < -0.4 is 10.6 Å². The van der Waals surface area contributed by atoms with Crippen LogP contribution >= 0.6 is 0 Å². The average Bonchev–Trinajstić information content (AvgIpc) is 2.57. The van der Waals surface area contributed by atoms with Crippen molar-refractivity contribution in [3.8, 4) is 0 Å². The fourth-order valence-corrected chi connectivity index (χ4v) is 2.53. The molecule has 0 aliphatic heterocycles. The van der Waals surface area contributed by atoms with Gasteiger partial charge in [-0.2, -0.15) is 4.98 Å². The lowest BCUT2D eigenvalue weighted by molar-refractivity contribution is 0.502. The normalized spacial score (nSPS) is 24.4. The van der Waals surface area contributed by atoms with E-state index in [9.17, 15) is 0 Å². The zero-order chi connectivity index (χ0) is 13.0. The van der Waals surface area contributed by atoms with Crippen LogP contribution in [0.2, 0.25) is 0 Å². The molecule has 1 aliphatic carbocycles. The summed E-state index contributed by atoms with van der Waals surface area (Å²) < 4.78 is 0. The lowest BCUT2D eigenvalue weighted by Crippen LogP contribution is -2.20. The summed E-state index contributed by atoms with van der Waals surface area (Å²) in [5, 5.41) is 6.58. The van der Waals surface area contributed by atoms with E-state index in [2.05, 4.69) is 34.4 Å². The molecule has 0 amide bonds. The maximum absolute atomic E-state index is 4.50. The molecule has 0 aromatic carbocycles. The molecule has 1 heterocycles. The highest BCUT2D eigenvalue weighted by atomic mass is 15.1. The maximum atomic E-state index is 4.50. The molecule has 4 heteroatoms. The smallest absolute Gasteiger partial charge is 0.224 e. The minimum Gasteiger partial charge on any atom is -0.367 e. The second kappa shape index (κ2) is 6.03. The summed E-state index contributed by atoms with van der Waals surface area (Å²) in [6.45, 7) is 4.42. The topological polar surface area (TPSA) is 49.8 Å². The van der Waals surface area contributed by atoms with E-state index in [1.165, 1.54) is 32.1 Å². The third-order valence-corrected chi connectivity index (χ3v) is 3.79. The Kier molecular flexibility index (Phi) is 4.39. The third kappa shape index (κ3) is 3.34. The number of anilines is 2. The SMILES string of the molecule is CNc1ncc(C)c(NC2CCCC(C)CC2)n1. The molecule has 18 heavy (non-hydrogen) atoms. The van der Waals surface area contributed by atoms with Crippen LogP contribution in [0, 0.1) is 12.8 Å². The molecule has 2 rings (SSSR count). The largest absolute Gasteiger partial charge is 0.367 e. The maximum Gasteiger partial charge on any atom is 0.224 e. The summed E-state index contributed by atoms with van der Waals surface area (Å²) in [6.07, 6.45) is 8.38. The minimum absolute atomic E-state index is 0.563. The fraction of sp³-hybridized carbons (Fsp3) is 0.714. The summed E-state index contributed by atoms with van der Waals surface area (Å²) in [7, 11) is 1.85. The van der Waals surface area contributed by atoms with Crippen LogP contribution in [0.5, 0.6) is 0 Å². The molecule has 1 saturated carbocycles. The Morgan fingerprint density at radius 2 is 2.06 bits per heavy atom. The molecule has 2 atom stereocenters. The van der Waals surface area contributed by atoms with E-state index in [0.717, 1.165) is 17.3 Å². The summed E-state index contributed by atoms with van der Waals surface area (Å²) in [6, 6.07) is 0.563. The van der Waals surface area contributed by atoms with E-state index in [-0.39, 0.29) is 0 Å². The second-order valence-electron chi connectivity index (χ2n) is 5.43. The Morgan fingerprint density at radius 3 is 2.83 bits per heavy atom. The molecular weight excluding hydrogens is 224 g/mol. The third-order valence-electron chi connectivity index (χ3n) is 3.79. The predicted molar refractivity (Wildman–Crippen MR) is 76.0 cm³/mol. The number of aromatic nitrogens is 2. The number of rotatable bonds is 3. The Hall–Kier alpha value is -1.32. The highest BCUT2D eigenvalue weighted by molar-refractivity contribution is 5.46. The first-order valence-corrected chi connectivity index (χ1v) is 6.97. The van der Waals surface area contributed by atoms with E-state index in [4.69, 9.17) is 0 Å². The van der Waals surface area contributed by atoms with Crippen LogP contribution in [-0.2, 0) is 0 Å². The van der Waals surface area contributed by atoms with Gasteiger partial charge in [-0.25, -0.2) is 4.98 Å². The Bertz CT molecular complexity index is 391. The van der Waals surface area contributed by atoms with Gasteiger partial charge in [0.1, 0.15) is 5.82 Å². The molecule has 1 aromatic heterocycles. The van der Waals surface area contributed by atoms with Crippen molar-refractivity contribution in [3.05, 3.63) is 11.8 Å². The summed E-state index contributed by atoms with van der Waals surface area (Å²) in [5.41, 5.74) is 1.12. The Balaban J connectivity index is 2.03. The van der Waals surface area contributed by atoms with Gasteiger partial charge in [-0.15, -0.1) is 0 Å². The van der Waals surface area contributed by atoms with Crippen LogP contribution in [0.4, 0.5) is 11.8 Å². The summed E-state index contributed by atoms with van der Waals surface area (Å²) in [5.74, 6) is 2.54. The van der Waals surface area contributed by atoms with Crippen molar-refractivity contribution in [2.75, 3.05) is 17.7 Å². The number of hydrogen-bond acceptors (Lipinski definition) is 4. The van der Waals surface area contributed by atoms with Gasteiger partial charge in [0.2, 0.25) is 5.95 Å². The van der Waals surface area contributed by atoms with Gasteiger partial charge in [-0.1, -0.05) is 19.8 Å². The molecule has 1 aliphatic rings. The lowest BCUT2D eigenvalue weighted by Gasteiger charge is -2.18. The van der Waals surface area contributed by atoms with Crippen LogP contribution in [0.3, 0.4) is 0 Å². The van der Waals surface area contributed by atoms with Crippen molar-refractivity contribution in [3.63, 3.8) is 0 Å². The van der Waals surface area contributed by atoms with E-state index in [1.807, 2.05) is 13.2 Å². The predicted octanol–water partition coefficient (Wildman–Crippen LogP) is 3.21. The van der Waals surface area contributed by atoms with Crippen molar-refractivity contribution in [1.29, 1.82) is 0 Å². The highest BCUT2D eigenvalue weighted by Crippen LogP contribution is 2.25. The zero-order valence-corrected chi connectivity index (χ0v) is 11.7. The van der Waals surface area contributed by atoms with Crippen molar-refractivity contribution < 1.29 is 0 Å². The molecule has 2 N–H and O–H groups in total. The number of nitrogens with one attached hydrogen (secondary N) is 2. The molecule has 4 nitrogen and oxygen atoms in total. The van der Waals surface area contributed by atoms with Crippen molar-refractivity contribution >= 4 is 11.8 Å². The van der Waals surface area contributed by atoms with Crippen LogP contribution in [0.15, 0.2) is 6.20 Å². The highest BCUT2D eigenvalue weighted by Gasteiger charge is 2.17. The van der Waals surface area contributed by atoms with E-state index in [0.29, 0.717) is 12.0 Å². The van der Waals surface area contributed by atoms with Crippen molar-refractivity contribution in [1.82, 2.24) is 9.97 Å². The zero-order valence-electron chi connectivity index (χ0n) is 11.7. The molecule has 0 saturated heterocycles. The standard InChI is InChI=1S/C14H24N4/c1-10-5-4-6-12(8-7-10)17-13-11(2)9-16-14(15-3)18-13/h9-10,12H,4-8H2,1-3H3,(H2,15,16,17,18). The summed E-state index contributed by atoms with van der Waals surface area (Å²) in [4.78, 5) is 8.72. The van der Waals surface area contributed by atoms with E-state index >= 15 is 0 Å². The Labute approximate surface area is 110 Å². The molecule has 0 bridgehead atoms.